The van der Waals surface area contributed by atoms with Crippen molar-refractivity contribution in [1.82, 2.24) is 15.3 Å². The highest BCUT2D eigenvalue weighted by atomic mass is 16.5. The Morgan fingerprint density at radius 1 is 1.13 bits per heavy atom. The number of ether oxygens (including phenoxy) is 2. The van der Waals surface area contributed by atoms with Gasteiger partial charge in [-0.15, -0.1) is 0 Å². The summed E-state index contributed by atoms with van der Waals surface area (Å²) >= 11 is 0. The zero-order valence-electron chi connectivity index (χ0n) is 18.2. The molecule has 0 atom stereocenters. The van der Waals surface area contributed by atoms with Crippen LogP contribution in [0.3, 0.4) is 0 Å². The number of nitrogens with one attached hydrogen (secondary N) is 1. The molecule has 162 valence electrons. The number of carbonyl (C=O) groups excluding carboxylic acids is 1. The summed E-state index contributed by atoms with van der Waals surface area (Å²) in [5, 5.41) is 3.10. The number of benzene rings is 1. The standard InChI is InChI=1S/C23H32N4O3/c1-4-29-20-7-6-18(16-21(20)30-5-2)9-13-24-22(28)19-10-14-27(15-11-19)23-25-12-8-17(3)26-23/h6-8,12,16,19H,4-5,9-11,13-15H2,1-3H3,(H,24,28). The number of aryl methyl sites for hydroxylation is 1. The summed E-state index contributed by atoms with van der Waals surface area (Å²) in [6.45, 7) is 9.29. The van der Waals surface area contributed by atoms with Crippen LogP contribution in [0.5, 0.6) is 11.5 Å². The molecule has 3 rings (SSSR count). The molecule has 0 aliphatic carbocycles. The molecule has 1 aromatic carbocycles. The molecule has 1 aromatic heterocycles. The van der Waals surface area contributed by atoms with Crippen molar-refractivity contribution in [3.8, 4) is 11.5 Å². The minimum atomic E-state index is 0.0466. The molecule has 1 N–H and O–H groups in total. The summed E-state index contributed by atoms with van der Waals surface area (Å²) in [6, 6.07) is 7.86. The Bertz CT molecular complexity index is 835. The first kappa shape index (κ1) is 21.9. The van der Waals surface area contributed by atoms with Gasteiger partial charge in [-0.25, -0.2) is 9.97 Å². The molecule has 0 bridgehead atoms. The minimum Gasteiger partial charge on any atom is -0.490 e. The van der Waals surface area contributed by atoms with Crippen molar-refractivity contribution in [3.05, 3.63) is 41.7 Å². The second-order valence-corrected chi connectivity index (χ2v) is 7.45. The maximum atomic E-state index is 12.6. The van der Waals surface area contributed by atoms with Crippen LogP contribution in [0.1, 0.15) is 37.9 Å². The number of nitrogens with zero attached hydrogens (tertiary/aromatic N) is 3. The number of anilines is 1. The molecular formula is C23H32N4O3. The fourth-order valence-electron chi connectivity index (χ4n) is 3.66. The number of aromatic nitrogens is 2. The summed E-state index contributed by atoms with van der Waals surface area (Å²) in [4.78, 5) is 23.6. The van der Waals surface area contributed by atoms with Crippen molar-refractivity contribution in [1.29, 1.82) is 0 Å². The summed E-state index contributed by atoms with van der Waals surface area (Å²) < 4.78 is 11.3. The topological polar surface area (TPSA) is 76.6 Å². The molecule has 7 nitrogen and oxygen atoms in total. The third-order valence-electron chi connectivity index (χ3n) is 5.25. The number of rotatable bonds is 9. The maximum Gasteiger partial charge on any atom is 0.225 e. The molecule has 7 heteroatoms. The molecule has 2 aromatic rings. The van der Waals surface area contributed by atoms with Gasteiger partial charge in [-0.3, -0.25) is 4.79 Å². The Hall–Kier alpha value is -2.83. The minimum absolute atomic E-state index is 0.0466. The summed E-state index contributed by atoms with van der Waals surface area (Å²) in [7, 11) is 0. The van der Waals surface area contributed by atoms with Crippen molar-refractivity contribution in [2.75, 3.05) is 37.7 Å². The van der Waals surface area contributed by atoms with Crippen LogP contribution in [-0.4, -0.2) is 48.7 Å². The number of piperidine rings is 1. The lowest BCUT2D eigenvalue weighted by molar-refractivity contribution is -0.125. The Balaban J connectivity index is 1.45. The average Bonchev–Trinajstić information content (AvgIpc) is 2.76. The van der Waals surface area contributed by atoms with Crippen LogP contribution in [0.4, 0.5) is 5.95 Å². The molecule has 0 radical (unpaired) electrons. The first-order valence-electron chi connectivity index (χ1n) is 10.8. The predicted molar refractivity (Wildman–Crippen MR) is 117 cm³/mol. The summed E-state index contributed by atoms with van der Waals surface area (Å²) in [6.07, 6.45) is 4.18. The molecule has 1 saturated heterocycles. The van der Waals surface area contributed by atoms with Crippen molar-refractivity contribution in [2.45, 2.75) is 40.0 Å². The van der Waals surface area contributed by atoms with Gasteiger partial charge >= 0.3 is 0 Å². The maximum absolute atomic E-state index is 12.6. The zero-order valence-corrected chi connectivity index (χ0v) is 18.2. The quantitative estimate of drug-likeness (QED) is 0.682. The average molecular weight is 413 g/mol. The van der Waals surface area contributed by atoms with E-state index >= 15 is 0 Å². The van der Waals surface area contributed by atoms with E-state index in [0.717, 1.165) is 61.1 Å². The Morgan fingerprint density at radius 2 is 1.87 bits per heavy atom. The van der Waals surface area contributed by atoms with E-state index in [1.807, 2.05) is 45.0 Å². The summed E-state index contributed by atoms with van der Waals surface area (Å²) in [5.41, 5.74) is 2.08. The SMILES string of the molecule is CCOc1ccc(CCNC(=O)C2CCN(c3nccc(C)n3)CC2)cc1OCC. The largest absolute Gasteiger partial charge is 0.490 e. The smallest absolute Gasteiger partial charge is 0.225 e. The van der Waals surface area contributed by atoms with Gasteiger partial charge in [0.25, 0.3) is 0 Å². The molecule has 0 spiro atoms. The number of carbonyl (C=O) groups is 1. The van der Waals surface area contributed by atoms with Crippen molar-refractivity contribution >= 4 is 11.9 Å². The molecule has 0 unspecified atom stereocenters. The van der Waals surface area contributed by atoms with Crippen LogP contribution in [0, 0.1) is 12.8 Å². The fourth-order valence-corrected chi connectivity index (χ4v) is 3.66. The van der Waals surface area contributed by atoms with Gasteiger partial charge in [0.15, 0.2) is 11.5 Å². The highest BCUT2D eigenvalue weighted by Crippen LogP contribution is 2.28. The fraction of sp³-hybridized carbons (Fsp3) is 0.522. The lowest BCUT2D eigenvalue weighted by Gasteiger charge is -2.31. The van der Waals surface area contributed by atoms with E-state index in [2.05, 4.69) is 20.2 Å². The molecule has 30 heavy (non-hydrogen) atoms. The summed E-state index contributed by atoms with van der Waals surface area (Å²) in [5.74, 6) is 2.46. The zero-order chi connectivity index (χ0) is 21.3. The highest BCUT2D eigenvalue weighted by molar-refractivity contribution is 5.78. The van der Waals surface area contributed by atoms with Crippen LogP contribution < -0.4 is 19.7 Å². The third kappa shape index (κ3) is 5.84. The third-order valence-corrected chi connectivity index (χ3v) is 5.25. The molecule has 1 aliphatic heterocycles. The molecule has 0 saturated carbocycles. The van der Waals surface area contributed by atoms with Gasteiger partial charge in [-0.2, -0.15) is 0 Å². The van der Waals surface area contributed by atoms with Crippen LogP contribution in [0.25, 0.3) is 0 Å². The lowest BCUT2D eigenvalue weighted by Crippen LogP contribution is -2.41. The van der Waals surface area contributed by atoms with Gasteiger partial charge < -0.3 is 19.7 Å². The van der Waals surface area contributed by atoms with Crippen LogP contribution >= 0.6 is 0 Å². The highest BCUT2D eigenvalue weighted by Gasteiger charge is 2.25. The van der Waals surface area contributed by atoms with Gasteiger partial charge in [-0.1, -0.05) is 6.07 Å². The van der Waals surface area contributed by atoms with Crippen LogP contribution in [0.15, 0.2) is 30.5 Å². The van der Waals surface area contributed by atoms with Gasteiger partial charge in [0.05, 0.1) is 13.2 Å². The monoisotopic (exact) mass is 412 g/mol. The van der Waals surface area contributed by atoms with E-state index in [4.69, 9.17) is 9.47 Å². The number of amides is 1. The molecule has 2 heterocycles. The Morgan fingerprint density at radius 3 is 2.57 bits per heavy atom. The predicted octanol–water partition coefficient (Wildman–Crippen LogP) is 3.16. The molecule has 1 fully saturated rings. The van der Waals surface area contributed by atoms with E-state index in [9.17, 15) is 4.79 Å². The molecule has 1 amide bonds. The van der Waals surface area contributed by atoms with Crippen LogP contribution in [0.2, 0.25) is 0 Å². The van der Waals surface area contributed by atoms with Crippen LogP contribution in [-0.2, 0) is 11.2 Å². The van der Waals surface area contributed by atoms with Gasteiger partial charge in [0, 0.05) is 37.4 Å². The normalized spacial score (nSPS) is 14.4. The van der Waals surface area contributed by atoms with E-state index in [-0.39, 0.29) is 11.8 Å². The van der Waals surface area contributed by atoms with Crippen molar-refractivity contribution in [3.63, 3.8) is 0 Å². The van der Waals surface area contributed by atoms with Gasteiger partial charge in [0.2, 0.25) is 11.9 Å². The van der Waals surface area contributed by atoms with E-state index in [0.29, 0.717) is 19.8 Å². The first-order chi connectivity index (χ1) is 14.6. The Kier molecular flexibility index (Phi) is 7.88. The van der Waals surface area contributed by atoms with E-state index in [1.165, 1.54) is 0 Å². The first-order valence-corrected chi connectivity index (χ1v) is 10.8. The van der Waals surface area contributed by atoms with E-state index < -0.39 is 0 Å². The van der Waals surface area contributed by atoms with Gasteiger partial charge in [0.1, 0.15) is 0 Å². The Labute approximate surface area is 178 Å². The number of hydrogen-bond acceptors (Lipinski definition) is 6. The van der Waals surface area contributed by atoms with E-state index in [1.54, 1.807) is 6.20 Å². The molecular weight excluding hydrogens is 380 g/mol. The second kappa shape index (κ2) is 10.8. The van der Waals surface area contributed by atoms with Crippen molar-refractivity contribution < 1.29 is 14.3 Å². The van der Waals surface area contributed by atoms with Gasteiger partial charge in [-0.05, 0) is 63.8 Å². The molecule has 1 aliphatic rings. The second-order valence-electron chi connectivity index (χ2n) is 7.45. The van der Waals surface area contributed by atoms with Crippen molar-refractivity contribution in [2.24, 2.45) is 5.92 Å². The lowest BCUT2D eigenvalue weighted by atomic mass is 9.96. The number of hydrogen-bond donors (Lipinski definition) is 1.